The maximum Gasteiger partial charge on any atom is 0.272 e. The minimum atomic E-state index is -0.0793. The van der Waals surface area contributed by atoms with Gasteiger partial charge in [0.2, 0.25) is 0 Å². The normalized spacial score (nSPS) is 19.0. The number of fused-ring (bicyclic) bond motifs is 1. The molecule has 0 bridgehead atoms. The molecule has 1 N–H and O–H groups in total. The van der Waals surface area contributed by atoms with Crippen molar-refractivity contribution in [1.82, 2.24) is 24.7 Å². The highest BCUT2D eigenvalue weighted by Crippen LogP contribution is 2.33. The maximum atomic E-state index is 12.2. The van der Waals surface area contributed by atoms with Crippen LogP contribution in [0.15, 0.2) is 27.5 Å². The van der Waals surface area contributed by atoms with Gasteiger partial charge >= 0.3 is 0 Å². The topological polar surface area (TPSA) is 79.4 Å². The van der Waals surface area contributed by atoms with Gasteiger partial charge in [0.15, 0.2) is 11.4 Å². The molecule has 1 aliphatic rings. The Bertz CT molecular complexity index is 907. The summed E-state index contributed by atoms with van der Waals surface area (Å²) in [6.45, 7) is 5.45. The fourth-order valence-electron chi connectivity index (χ4n) is 3.33. The van der Waals surface area contributed by atoms with Gasteiger partial charge in [-0.25, -0.2) is 9.50 Å². The van der Waals surface area contributed by atoms with Crippen molar-refractivity contribution in [2.75, 3.05) is 6.54 Å². The van der Waals surface area contributed by atoms with Crippen LogP contribution in [0.1, 0.15) is 41.7 Å². The van der Waals surface area contributed by atoms with E-state index in [0.717, 1.165) is 42.2 Å². The summed E-state index contributed by atoms with van der Waals surface area (Å²) in [4.78, 5) is 19.1. The molecule has 0 amide bonds. The van der Waals surface area contributed by atoms with E-state index in [4.69, 9.17) is 4.52 Å². The third-order valence-corrected chi connectivity index (χ3v) is 4.33. The average Bonchev–Trinajstić information content (AvgIpc) is 3.18. The number of aryl methyl sites for hydroxylation is 2. The minimum Gasteiger partial charge on any atom is -0.359 e. The standard InChI is InChI=1S/C16H19N5O2/c1-10-7-15-17-12(8-16(22)21(15)18-10)9-20-5-3-4-13(20)14-6-11(2)19-23-14/h6-8,13,18H,3-5,9H2,1-2H3/t13-/m1/s1. The van der Waals surface area contributed by atoms with Crippen LogP contribution in [0.2, 0.25) is 0 Å². The summed E-state index contributed by atoms with van der Waals surface area (Å²) in [5.41, 5.74) is 3.19. The highest BCUT2D eigenvalue weighted by molar-refractivity contribution is 5.39. The molecule has 0 aromatic carbocycles. The van der Waals surface area contributed by atoms with Gasteiger partial charge in [0, 0.05) is 30.4 Å². The molecule has 1 fully saturated rings. The van der Waals surface area contributed by atoms with Crippen molar-refractivity contribution in [3.8, 4) is 0 Å². The Kier molecular flexibility index (Phi) is 3.30. The highest BCUT2D eigenvalue weighted by atomic mass is 16.5. The summed E-state index contributed by atoms with van der Waals surface area (Å²) >= 11 is 0. The largest absolute Gasteiger partial charge is 0.359 e. The van der Waals surface area contributed by atoms with Gasteiger partial charge in [-0.2, -0.15) is 0 Å². The van der Waals surface area contributed by atoms with E-state index in [1.54, 1.807) is 6.07 Å². The molecule has 120 valence electrons. The second-order valence-electron chi connectivity index (χ2n) is 6.22. The molecule has 23 heavy (non-hydrogen) atoms. The second kappa shape index (κ2) is 5.34. The predicted octanol–water partition coefficient (Wildman–Crippen LogP) is 1.96. The Morgan fingerprint density at radius 2 is 2.22 bits per heavy atom. The molecule has 0 saturated carbocycles. The number of hydrogen-bond donors (Lipinski definition) is 1. The van der Waals surface area contributed by atoms with E-state index in [9.17, 15) is 4.79 Å². The monoisotopic (exact) mass is 313 g/mol. The van der Waals surface area contributed by atoms with Crippen LogP contribution in [-0.2, 0) is 6.54 Å². The van der Waals surface area contributed by atoms with Gasteiger partial charge in [0.25, 0.3) is 5.56 Å². The Morgan fingerprint density at radius 1 is 1.35 bits per heavy atom. The van der Waals surface area contributed by atoms with Crippen LogP contribution < -0.4 is 5.56 Å². The molecule has 4 heterocycles. The maximum absolute atomic E-state index is 12.2. The van der Waals surface area contributed by atoms with Crippen LogP contribution in [0.5, 0.6) is 0 Å². The van der Waals surface area contributed by atoms with Gasteiger partial charge in [-0.15, -0.1) is 0 Å². The van der Waals surface area contributed by atoms with Crippen molar-refractivity contribution >= 4 is 5.65 Å². The lowest BCUT2D eigenvalue weighted by atomic mass is 10.1. The Balaban J connectivity index is 1.63. The Labute approximate surface area is 132 Å². The number of likely N-dealkylation sites (tertiary alicyclic amines) is 1. The summed E-state index contributed by atoms with van der Waals surface area (Å²) in [5, 5.41) is 6.98. The van der Waals surface area contributed by atoms with E-state index in [1.807, 2.05) is 26.0 Å². The van der Waals surface area contributed by atoms with Crippen molar-refractivity contribution in [2.45, 2.75) is 39.3 Å². The Hall–Kier alpha value is -2.41. The van der Waals surface area contributed by atoms with Gasteiger partial charge < -0.3 is 4.52 Å². The third kappa shape index (κ3) is 2.57. The van der Waals surface area contributed by atoms with Crippen molar-refractivity contribution in [3.05, 3.63) is 51.4 Å². The Morgan fingerprint density at radius 3 is 3.00 bits per heavy atom. The molecule has 1 aliphatic heterocycles. The van der Waals surface area contributed by atoms with E-state index in [2.05, 4.69) is 20.1 Å². The molecule has 1 atom stereocenters. The second-order valence-corrected chi connectivity index (χ2v) is 6.22. The zero-order valence-corrected chi connectivity index (χ0v) is 13.2. The first-order chi connectivity index (χ1) is 11.1. The molecule has 0 radical (unpaired) electrons. The van der Waals surface area contributed by atoms with E-state index < -0.39 is 0 Å². The molecule has 0 unspecified atom stereocenters. The number of aromatic amines is 1. The first-order valence-electron chi connectivity index (χ1n) is 7.86. The zero-order chi connectivity index (χ0) is 16.0. The summed E-state index contributed by atoms with van der Waals surface area (Å²) in [5.74, 6) is 0.898. The van der Waals surface area contributed by atoms with Crippen LogP contribution in [-0.4, -0.2) is 31.2 Å². The molecule has 3 aromatic rings. The van der Waals surface area contributed by atoms with Gasteiger partial charge in [-0.1, -0.05) is 5.16 Å². The van der Waals surface area contributed by atoms with Crippen molar-refractivity contribution in [2.24, 2.45) is 0 Å². The lowest BCUT2D eigenvalue weighted by Crippen LogP contribution is -2.25. The molecule has 4 rings (SSSR count). The van der Waals surface area contributed by atoms with Crippen molar-refractivity contribution < 1.29 is 4.52 Å². The van der Waals surface area contributed by atoms with Gasteiger partial charge in [-0.05, 0) is 33.2 Å². The van der Waals surface area contributed by atoms with Gasteiger partial charge in [0.05, 0.1) is 17.4 Å². The predicted molar refractivity (Wildman–Crippen MR) is 84.2 cm³/mol. The minimum absolute atomic E-state index is 0.0793. The number of H-pyrrole nitrogens is 1. The number of hydrogen-bond acceptors (Lipinski definition) is 5. The van der Waals surface area contributed by atoms with Crippen LogP contribution in [0.25, 0.3) is 5.65 Å². The van der Waals surface area contributed by atoms with Crippen LogP contribution >= 0.6 is 0 Å². The van der Waals surface area contributed by atoms with Crippen LogP contribution in [0.3, 0.4) is 0 Å². The molecule has 7 heteroatoms. The smallest absolute Gasteiger partial charge is 0.272 e. The van der Waals surface area contributed by atoms with E-state index in [1.165, 1.54) is 4.52 Å². The lowest BCUT2D eigenvalue weighted by molar-refractivity contribution is 0.204. The van der Waals surface area contributed by atoms with E-state index >= 15 is 0 Å². The van der Waals surface area contributed by atoms with E-state index in [-0.39, 0.29) is 11.6 Å². The number of nitrogens with zero attached hydrogens (tertiary/aromatic N) is 4. The fourth-order valence-corrected chi connectivity index (χ4v) is 3.33. The molecule has 0 spiro atoms. The molecule has 1 saturated heterocycles. The quantitative estimate of drug-likeness (QED) is 0.799. The molecular formula is C16H19N5O2. The number of aromatic nitrogens is 4. The van der Waals surface area contributed by atoms with Gasteiger partial charge in [0.1, 0.15) is 0 Å². The number of nitrogens with one attached hydrogen (secondary N) is 1. The van der Waals surface area contributed by atoms with Crippen LogP contribution in [0.4, 0.5) is 0 Å². The molecule has 0 aliphatic carbocycles. The fraction of sp³-hybridized carbons (Fsp3) is 0.438. The van der Waals surface area contributed by atoms with Crippen LogP contribution in [0, 0.1) is 13.8 Å². The summed E-state index contributed by atoms with van der Waals surface area (Å²) in [7, 11) is 0. The summed E-state index contributed by atoms with van der Waals surface area (Å²) in [6.07, 6.45) is 2.15. The summed E-state index contributed by atoms with van der Waals surface area (Å²) in [6, 6.07) is 5.68. The third-order valence-electron chi connectivity index (χ3n) is 4.33. The molecule has 7 nitrogen and oxygen atoms in total. The van der Waals surface area contributed by atoms with Gasteiger partial charge in [-0.3, -0.25) is 14.8 Å². The lowest BCUT2D eigenvalue weighted by Gasteiger charge is -2.21. The zero-order valence-electron chi connectivity index (χ0n) is 13.2. The average molecular weight is 313 g/mol. The first-order valence-corrected chi connectivity index (χ1v) is 7.86. The molecule has 3 aromatic heterocycles. The molecular weight excluding hydrogens is 294 g/mol. The first kappa shape index (κ1) is 14.2. The van der Waals surface area contributed by atoms with Crippen molar-refractivity contribution in [3.63, 3.8) is 0 Å². The summed E-state index contributed by atoms with van der Waals surface area (Å²) < 4.78 is 6.90. The van der Waals surface area contributed by atoms with E-state index in [0.29, 0.717) is 12.2 Å². The SMILES string of the molecule is Cc1cc([C@H]2CCCN2Cc2cc(=O)n3[nH]c(C)cc3n2)on1. The van der Waals surface area contributed by atoms with Crippen molar-refractivity contribution in [1.29, 1.82) is 0 Å². The highest BCUT2D eigenvalue weighted by Gasteiger charge is 2.29. The number of rotatable bonds is 3.